The minimum atomic E-state index is -0.681. The summed E-state index contributed by atoms with van der Waals surface area (Å²) in [5, 5.41) is 12.6. The van der Waals surface area contributed by atoms with Crippen molar-refractivity contribution in [2.24, 2.45) is 11.7 Å². The van der Waals surface area contributed by atoms with E-state index in [9.17, 15) is 14.4 Å². The van der Waals surface area contributed by atoms with E-state index in [1.165, 1.54) is 15.3 Å². The number of halogens is 1. The molecule has 4 rings (SSSR count). The smallest absolute Gasteiger partial charge is 0.250 e. The summed E-state index contributed by atoms with van der Waals surface area (Å²) < 4.78 is 5.86. The number of rotatable bonds is 9. The van der Waals surface area contributed by atoms with Crippen LogP contribution in [0.3, 0.4) is 0 Å². The lowest BCUT2D eigenvalue weighted by atomic mass is 9.96. The van der Waals surface area contributed by atoms with Gasteiger partial charge in [0, 0.05) is 44.5 Å². The lowest BCUT2D eigenvalue weighted by Gasteiger charge is -2.34. The van der Waals surface area contributed by atoms with Crippen LogP contribution in [0.25, 0.3) is 0 Å². The zero-order valence-electron chi connectivity index (χ0n) is 18.7. The van der Waals surface area contributed by atoms with Crippen molar-refractivity contribution < 1.29 is 9.59 Å². The first-order chi connectivity index (χ1) is 16.4. The molecule has 180 valence electrons. The van der Waals surface area contributed by atoms with Crippen LogP contribution in [-0.2, 0) is 22.7 Å². The number of piperidine rings is 1. The van der Waals surface area contributed by atoms with Crippen LogP contribution in [0.2, 0.25) is 0 Å². The highest BCUT2D eigenvalue weighted by Gasteiger charge is 2.30. The zero-order chi connectivity index (χ0) is 24.1. The molecule has 3 aromatic heterocycles. The van der Waals surface area contributed by atoms with Crippen LogP contribution in [0.4, 0.5) is 0 Å². The van der Waals surface area contributed by atoms with E-state index in [-0.39, 0.29) is 30.9 Å². The molecule has 0 saturated carbocycles. The summed E-state index contributed by atoms with van der Waals surface area (Å²) in [5.74, 6) is -0.144. The van der Waals surface area contributed by atoms with Crippen molar-refractivity contribution in [1.29, 1.82) is 0 Å². The first-order valence-electron chi connectivity index (χ1n) is 11.2. The Morgan fingerprint density at radius 3 is 2.68 bits per heavy atom. The molecule has 2 N–H and O–H groups in total. The average molecular weight is 531 g/mol. The number of aromatic nitrogens is 6. The maximum absolute atomic E-state index is 13.4. The number of nitrogens with zero attached hydrogens (tertiary/aromatic N) is 7. The summed E-state index contributed by atoms with van der Waals surface area (Å²) >= 11 is 3.41. The van der Waals surface area contributed by atoms with Crippen molar-refractivity contribution in [1.82, 2.24) is 34.2 Å². The topological polar surface area (TPSA) is 134 Å². The third-order valence-corrected chi connectivity index (χ3v) is 6.44. The minimum absolute atomic E-state index is 0.0639. The summed E-state index contributed by atoms with van der Waals surface area (Å²) in [7, 11) is 0. The third-order valence-electron chi connectivity index (χ3n) is 6.03. The van der Waals surface area contributed by atoms with Crippen LogP contribution in [0.15, 0.2) is 52.3 Å². The second-order valence-electron chi connectivity index (χ2n) is 8.53. The van der Waals surface area contributed by atoms with Gasteiger partial charge >= 0.3 is 0 Å². The standard InChI is InChI=1S/C22H27BrN8O3/c23-17-11-25-30(13-17)12-16-6-9-28(10-7-16)22(34)19(4-5-20(24)32)31-15-18(26-27-31)14-29-8-2-1-3-21(29)33/h1-3,8,11,13,15-16,19H,4-7,9-10,12,14H2,(H2,24,32). The molecule has 2 amide bonds. The maximum Gasteiger partial charge on any atom is 0.250 e. The Morgan fingerprint density at radius 2 is 2.00 bits per heavy atom. The number of carbonyl (C=O) groups excluding carboxylic acids is 2. The molecule has 0 aromatic carbocycles. The number of carbonyl (C=O) groups is 2. The van der Waals surface area contributed by atoms with Crippen molar-refractivity contribution in [3.8, 4) is 0 Å². The minimum Gasteiger partial charge on any atom is -0.370 e. The fourth-order valence-corrected chi connectivity index (χ4v) is 4.53. The summed E-state index contributed by atoms with van der Waals surface area (Å²) in [6.45, 7) is 2.30. The van der Waals surface area contributed by atoms with Gasteiger partial charge in [-0.1, -0.05) is 11.3 Å². The summed E-state index contributed by atoms with van der Waals surface area (Å²) in [5.41, 5.74) is 5.76. The van der Waals surface area contributed by atoms with Gasteiger partial charge in [-0.05, 0) is 47.2 Å². The summed E-state index contributed by atoms with van der Waals surface area (Å²) in [6, 6.07) is 4.23. The lowest BCUT2D eigenvalue weighted by molar-refractivity contribution is -0.137. The second kappa shape index (κ2) is 10.8. The number of nitrogens with two attached hydrogens (primary N) is 1. The van der Waals surface area contributed by atoms with Gasteiger partial charge in [0.25, 0.3) is 5.56 Å². The Hall–Kier alpha value is -3.28. The Morgan fingerprint density at radius 1 is 1.21 bits per heavy atom. The van der Waals surface area contributed by atoms with E-state index >= 15 is 0 Å². The summed E-state index contributed by atoms with van der Waals surface area (Å²) in [6.07, 6.45) is 9.08. The summed E-state index contributed by atoms with van der Waals surface area (Å²) in [4.78, 5) is 38.7. The first-order valence-corrected chi connectivity index (χ1v) is 12.0. The van der Waals surface area contributed by atoms with Crippen LogP contribution in [0.5, 0.6) is 0 Å². The van der Waals surface area contributed by atoms with E-state index in [2.05, 4.69) is 31.3 Å². The molecule has 1 fully saturated rings. The Labute approximate surface area is 204 Å². The number of hydrogen-bond acceptors (Lipinski definition) is 6. The third kappa shape index (κ3) is 5.99. The molecule has 1 atom stereocenters. The average Bonchev–Trinajstić information content (AvgIpc) is 3.44. The maximum atomic E-state index is 13.4. The molecule has 0 bridgehead atoms. The normalized spacial score (nSPS) is 15.4. The fourth-order valence-electron chi connectivity index (χ4n) is 4.20. The highest BCUT2D eigenvalue weighted by Crippen LogP contribution is 2.24. The van der Waals surface area contributed by atoms with Crippen LogP contribution in [0.1, 0.15) is 37.4 Å². The molecule has 0 aliphatic carbocycles. The first kappa shape index (κ1) is 23.9. The molecule has 1 saturated heterocycles. The molecule has 1 unspecified atom stereocenters. The van der Waals surface area contributed by atoms with Gasteiger partial charge in [-0.15, -0.1) is 5.10 Å². The van der Waals surface area contributed by atoms with E-state index in [1.807, 2.05) is 15.8 Å². The van der Waals surface area contributed by atoms with E-state index in [0.717, 1.165) is 23.9 Å². The van der Waals surface area contributed by atoms with Gasteiger partial charge in [0.05, 0.1) is 23.4 Å². The number of primary amides is 1. The largest absolute Gasteiger partial charge is 0.370 e. The van der Waals surface area contributed by atoms with E-state index in [4.69, 9.17) is 5.73 Å². The van der Waals surface area contributed by atoms with Crippen molar-refractivity contribution in [2.75, 3.05) is 13.1 Å². The molecule has 4 heterocycles. The van der Waals surface area contributed by atoms with Crippen molar-refractivity contribution >= 4 is 27.7 Å². The highest BCUT2D eigenvalue weighted by atomic mass is 79.9. The van der Waals surface area contributed by atoms with E-state index in [0.29, 0.717) is 24.7 Å². The molecule has 0 radical (unpaired) electrons. The number of amides is 2. The molecule has 1 aliphatic rings. The van der Waals surface area contributed by atoms with Gasteiger partial charge in [-0.25, -0.2) is 4.68 Å². The van der Waals surface area contributed by atoms with Crippen molar-refractivity contribution in [3.05, 3.63) is 63.5 Å². The predicted molar refractivity (Wildman–Crippen MR) is 127 cm³/mol. The van der Waals surface area contributed by atoms with Crippen LogP contribution in [0, 0.1) is 5.92 Å². The van der Waals surface area contributed by atoms with Crippen molar-refractivity contribution in [2.45, 2.75) is 44.8 Å². The van der Waals surface area contributed by atoms with Gasteiger partial charge in [0.2, 0.25) is 11.8 Å². The molecular weight excluding hydrogens is 504 g/mol. The van der Waals surface area contributed by atoms with E-state index in [1.54, 1.807) is 30.7 Å². The van der Waals surface area contributed by atoms with Gasteiger partial charge in [-0.3, -0.25) is 19.1 Å². The molecular formula is C22H27BrN8O3. The SMILES string of the molecule is NC(=O)CCC(C(=O)N1CCC(Cn2cc(Br)cn2)CC1)n1cc(Cn2ccccc2=O)nn1. The molecule has 11 nitrogen and oxygen atoms in total. The second-order valence-corrected chi connectivity index (χ2v) is 9.44. The Bertz CT molecular complexity index is 1190. The quantitative estimate of drug-likeness (QED) is 0.441. The van der Waals surface area contributed by atoms with Crippen LogP contribution in [-0.4, -0.2) is 59.1 Å². The Kier molecular flexibility index (Phi) is 7.56. The van der Waals surface area contributed by atoms with Gasteiger partial charge in [0.15, 0.2) is 0 Å². The van der Waals surface area contributed by atoms with Gasteiger partial charge in [-0.2, -0.15) is 5.10 Å². The van der Waals surface area contributed by atoms with Crippen LogP contribution < -0.4 is 11.3 Å². The monoisotopic (exact) mass is 530 g/mol. The molecule has 0 spiro atoms. The number of pyridine rings is 1. The van der Waals surface area contributed by atoms with Crippen LogP contribution >= 0.6 is 15.9 Å². The molecule has 3 aromatic rings. The lowest BCUT2D eigenvalue weighted by Crippen LogP contribution is -2.43. The molecule has 1 aliphatic heterocycles. The number of likely N-dealkylation sites (tertiary alicyclic amines) is 1. The highest BCUT2D eigenvalue weighted by molar-refractivity contribution is 9.10. The Balaban J connectivity index is 1.42. The molecule has 12 heteroatoms. The van der Waals surface area contributed by atoms with Gasteiger partial charge < -0.3 is 15.2 Å². The fraction of sp³-hybridized carbons (Fsp3) is 0.455. The van der Waals surface area contributed by atoms with Crippen molar-refractivity contribution in [3.63, 3.8) is 0 Å². The number of hydrogen-bond donors (Lipinski definition) is 1. The van der Waals surface area contributed by atoms with Gasteiger partial charge in [0.1, 0.15) is 11.7 Å². The predicted octanol–water partition coefficient (Wildman–Crippen LogP) is 1.19. The zero-order valence-corrected chi connectivity index (χ0v) is 20.2. The van der Waals surface area contributed by atoms with E-state index < -0.39 is 11.9 Å². The molecule has 34 heavy (non-hydrogen) atoms.